The summed E-state index contributed by atoms with van der Waals surface area (Å²) in [5.74, 6) is 0.879. The molecule has 0 aliphatic carbocycles. The highest BCUT2D eigenvalue weighted by Crippen LogP contribution is 2.30. The number of thiophene rings is 1. The first-order valence-corrected chi connectivity index (χ1v) is 10.4. The van der Waals surface area contributed by atoms with E-state index in [0.29, 0.717) is 17.1 Å². The van der Waals surface area contributed by atoms with Crippen LogP contribution in [0.15, 0.2) is 69.6 Å². The first-order chi connectivity index (χ1) is 14.6. The van der Waals surface area contributed by atoms with E-state index in [1.54, 1.807) is 0 Å². The molecule has 3 aromatic heterocycles. The quantitative estimate of drug-likeness (QED) is 0.421. The van der Waals surface area contributed by atoms with E-state index < -0.39 is 0 Å². The second-order valence-electron chi connectivity index (χ2n) is 7.20. The number of hydrogen-bond acceptors (Lipinski definition) is 6. The van der Waals surface area contributed by atoms with Crippen molar-refractivity contribution >= 4 is 21.6 Å². The highest BCUT2D eigenvalue weighted by Gasteiger charge is 2.16. The molecule has 30 heavy (non-hydrogen) atoms. The maximum absolute atomic E-state index is 13.2. The molecule has 2 aromatic carbocycles. The molecule has 7 heteroatoms. The van der Waals surface area contributed by atoms with Gasteiger partial charge in [0.2, 0.25) is 11.7 Å². The predicted octanol–water partition coefficient (Wildman–Crippen LogP) is 4.84. The van der Waals surface area contributed by atoms with Gasteiger partial charge in [-0.25, -0.2) is 4.98 Å². The second kappa shape index (κ2) is 7.35. The minimum atomic E-state index is -0.118. The smallest absolute Gasteiger partial charge is 0.263 e. The highest BCUT2D eigenvalue weighted by molar-refractivity contribution is 7.17. The molecule has 0 radical (unpaired) electrons. The number of benzene rings is 2. The minimum Gasteiger partial charge on any atom is -0.337 e. The summed E-state index contributed by atoms with van der Waals surface area (Å²) < 4.78 is 6.92. The van der Waals surface area contributed by atoms with Gasteiger partial charge in [0.15, 0.2) is 0 Å². The minimum absolute atomic E-state index is 0.118. The molecule has 0 aliphatic rings. The molecule has 0 spiro atoms. The highest BCUT2D eigenvalue weighted by atomic mass is 32.1. The number of hydrogen-bond donors (Lipinski definition) is 0. The average molecular weight is 414 g/mol. The molecule has 0 aliphatic heterocycles. The molecule has 0 N–H and O–H groups in total. The van der Waals surface area contributed by atoms with Crippen LogP contribution in [0.5, 0.6) is 0 Å². The monoisotopic (exact) mass is 414 g/mol. The lowest BCUT2D eigenvalue weighted by molar-refractivity contribution is 0.369. The summed E-state index contributed by atoms with van der Waals surface area (Å²) >= 11 is 1.47. The number of rotatable bonds is 4. The van der Waals surface area contributed by atoms with Crippen molar-refractivity contribution in [2.75, 3.05) is 0 Å². The molecule has 3 heterocycles. The fourth-order valence-electron chi connectivity index (χ4n) is 3.42. The third-order valence-corrected chi connectivity index (χ3v) is 5.97. The summed E-state index contributed by atoms with van der Waals surface area (Å²) in [6.45, 7) is 4.21. The molecule has 0 unspecified atom stereocenters. The van der Waals surface area contributed by atoms with Gasteiger partial charge < -0.3 is 4.52 Å². The lowest BCUT2D eigenvalue weighted by Gasteiger charge is -2.04. The van der Waals surface area contributed by atoms with Crippen LogP contribution in [0.2, 0.25) is 0 Å². The van der Waals surface area contributed by atoms with Crippen LogP contribution in [-0.4, -0.2) is 19.7 Å². The summed E-state index contributed by atoms with van der Waals surface area (Å²) in [7, 11) is 0. The fraction of sp³-hybridized carbons (Fsp3) is 0.130. The van der Waals surface area contributed by atoms with Gasteiger partial charge in [-0.05, 0) is 25.0 Å². The van der Waals surface area contributed by atoms with E-state index in [2.05, 4.69) is 15.1 Å². The lowest BCUT2D eigenvalue weighted by atomic mass is 10.1. The summed E-state index contributed by atoms with van der Waals surface area (Å²) in [4.78, 5) is 22.9. The zero-order valence-electron chi connectivity index (χ0n) is 16.5. The molecule has 0 bridgehead atoms. The van der Waals surface area contributed by atoms with E-state index in [1.807, 2.05) is 67.8 Å². The predicted molar refractivity (Wildman–Crippen MR) is 118 cm³/mol. The van der Waals surface area contributed by atoms with Crippen LogP contribution in [0, 0.1) is 13.8 Å². The van der Waals surface area contributed by atoms with Crippen LogP contribution in [-0.2, 0) is 6.54 Å². The van der Waals surface area contributed by atoms with Crippen molar-refractivity contribution in [3.63, 3.8) is 0 Å². The maximum Gasteiger partial charge on any atom is 0.263 e. The van der Waals surface area contributed by atoms with Gasteiger partial charge in [-0.15, -0.1) is 11.3 Å². The molecule has 148 valence electrons. The van der Waals surface area contributed by atoms with E-state index in [1.165, 1.54) is 27.8 Å². The molecule has 6 nitrogen and oxygen atoms in total. The van der Waals surface area contributed by atoms with E-state index in [0.717, 1.165) is 27.1 Å². The number of aryl methyl sites for hydroxylation is 2. The Morgan fingerprint density at radius 1 is 1.03 bits per heavy atom. The Bertz CT molecular complexity index is 1410. The molecule has 0 fully saturated rings. The summed E-state index contributed by atoms with van der Waals surface area (Å²) in [5.41, 5.74) is 4.93. The fourth-order valence-corrected chi connectivity index (χ4v) is 4.33. The SMILES string of the molecule is Cc1ccc(-c2csc3ncn(Cc4nc(-c5ccccc5C)no4)c(=O)c23)cc1. The molecule has 0 saturated heterocycles. The van der Waals surface area contributed by atoms with Gasteiger partial charge in [0.1, 0.15) is 11.4 Å². The second-order valence-corrected chi connectivity index (χ2v) is 8.06. The Morgan fingerprint density at radius 2 is 1.83 bits per heavy atom. The van der Waals surface area contributed by atoms with Gasteiger partial charge in [-0.2, -0.15) is 4.98 Å². The number of aromatic nitrogens is 4. The van der Waals surface area contributed by atoms with E-state index in [9.17, 15) is 4.79 Å². The van der Waals surface area contributed by atoms with Crippen molar-refractivity contribution in [1.29, 1.82) is 0 Å². The lowest BCUT2D eigenvalue weighted by Crippen LogP contribution is -2.21. The molecule has 0 saturated carbocycles. The normalized spacial score (nSPS) is 11.3. The maximum atomic E-state index is 13.2. The first kappa shape index (κ1) is 18.4. The largest absolute Gasteiger partial charge is 0.337 e. The van der Waals surface area contributed by atoms with Crippen molar-refractivity contribution in [3.05, 3.63) is 87.6 Å². The Kier molecular flexibility index (Phi) is 4.52. The van der Waals surface area contributed by atoms with Crippen LogP contribution >= 0.6 is 11.3 Å². The van der Waals surface area contributed by atoms with Crippen LogP contribution in [0.1, 0.15) is 17.0 Å². The Hall–Kier alpha value is -3.58. The topological polar surface area (TPSA) is 73.8 Å². The Balaban J connectivity index is 1.52. The van der Waals surface area contributed by atoms with Crippen LogP contribution in [0.25, 0.3) is 32.7 Å². The number of fused-ring (bicyclic) bond motifs is 1. The van der Waals surface area contributed by atoms with Crippen molar-refractivity contribution in [3.8, 4) is 22.5 Å². The average Bonchev–Trinajstić information content (AvgIpc) is 3.39. The van der Waals surface area contributed by atoms with Crippen LogP contribution in [0.4, 0.5) is 0 Å². The van der Waals surface area contributed by atoms with Crippen LogP contribution < -0.4 is 5.56 Å². The van der Waals surface area contributed by atoms with E-state index in [-0.39, 0.29) is 12.1 Å². The zero-order valence-corrected chi connectivity index (χ0v) is 17.3. The Labute approximate surface area is 176 Å². The van der Waals surface area contributed by atoms with Gasteiger partial charge in [-0.1, -0.05) is 59.3 Å². The molecular weight excluding hydrogens is 396 g/mol. The van der Waals surface area contributed by atoms with Gasteiger partial charge in [0.25, 0.3) is 5.56 Å². The first-order valence-electron chi connectivity index (χ1n) is 9.52. The molecule has 5 rings (SSSR count). The standard InChI is InChI=1S/C23H18N4O2S/c1-14-7-9-16(10-8-14)18-12-30-22-20(18)23(28)27(13-24-22)11-19-25-21(26-29-19)17-6-4-3-5-15(17)2/h3-10,12-13H,11H2,1-2H3. The summed E-state index contributed by atoms with van der Waals surface area (Å²) in [5, 5.41) is 6.68. The Morgan fingerprint density at radius 3 is 2.63 bits per heavy atom. The van der Waals surface area contributed by atoms with E-state index >= 15 is 0 Å². The summed E-state index contributed by atoms with van der Waals surface area (Å²) in [6, 6.07) is 16.0. The van der Waals surface area contributed by atoms with Crippen molar-refractivity contribution in [2.45, 2.75) is 20.4 Å². The van der Waals surface area contributed by atoms with Crippen LogP contribution in [0.3, 0.4) is 0 Å². The van der Waals surface area contributed by atoms with Gasteiger partial charge >= 0.3 is 0 Å². The molecular formula is C23H18N4O2S. The van der Waals surface area contributed by atoms with Crippen molar-refractivity contribution < 1.29 is 4.52 Å². The third-order valence-electron chi connectivity index (χ3n) is 5.08. The van der Waals surface area contributed by atoms with E-state index in [4.69, 9.17) is 4.52 Å². The van der Waals surface area contributed by atoms with Crippen molar-refractivity contribution in [1.82, 2.24) is 19.7 Å². The zero-order chi connectivity index (χ0) is 20.7. The molecule has 0 atom stereocenters. The van der Waals surface area contributed by atoms with Gasteiger partial charge in [0.05, 0.1) is 11.7 Å². The molecule has 5 aromatic rings. The van der Waals surface area contributed by atoms with Crippen molar-refractivity contribution in [2.24, 2.45) is 0 Å². The number of nitrogens with zero attached hydrogens (tertiary/aromatic N) is 4. The van der Waals surface area contributed by atoms with Gasteiger partial charge in [0, 0.05) is 16.5 Å². The summed E-state index contributed by atoms with van der Waals surface area (Å²) in [6.07, 6.45) is 1.54. The van der Waals surface area contributed by atoms with Gasteiger partial charge in [-0.3, -0.25) is 9.36 Å². The molecule has 0 amide bonds. The third kappa shape index (κ3) is 3.23.